The molecule has 0 aromatic heterocycles. The van der Waals surface area contributed by atoms with Gasteiger partial charge in [-0.25, -0.2) is 9.59 Å². The first kappa shape index (κ1) is 20.5. The van der Waals surface area contributed by atoms with E-state index in [1.165, 1.54) is 12.8 Å². The predicted octanol–water partition coefficient (Wildman–Crippen LogP) is 4.99. The van der Waals surface area contributed by atoms with Crippen molar-refractivity contribution in [2.24, 2.45) is 11.8 Å². The smallest absolute Gasteiger partial charge is 0.322 e. The van der Waals surface area contributed by atoms with E-state index in [-0.39, 0.29) is 24.1 Å². The first-order valence-corrected chi connectivity index (χ1v) is 10.6. The molecule has 154 valence electrons. The van der Waals surface area contributed by atoms with Crippen LogP contribution in [0.25, 0.3) is 0 Å². The highest BCUT2D eigenvalue weighted by Crippen LogP contribution is 2.25. The average Bonchev–Trinajstić information content (AvgIpc) is 2.67. The number of amides is 4. The minimum absolute atomic E-state index is 0.0491. The third-order valence-corrected chi connectivity index (χ3v) is 6.66. The van der Waals surface area contributed by atoms with Crippen LogP contribution in [0.2, 0.25) is 0 Å². The minimum atomic E-state index is -0.0491. The van der Waals surface area contributed by atoms with Gasteiger partial charge in [-0.05, 0) is 75.6 Å². The third-order valence-electron chi connectivity index (χ3n) is 6.66. The van der Waals surface area contributed by atoms with Gasteiger partial charge in [-0.1, -0.05) is 13.8 Å². The Labute approximate surface area is 168 Å². The molecule has 0 radical (unpaired) electrons. The molecule has 1 aromatic carbocycles. The summed E-state index contributed by atoms with van der Waals surface area (Å²) >= 11 is 0. The van der Waals surface area contributed by atoms with Gasteiger partial charge in [0.15, 0.2) is 0 Å². The fraction of sp³-hybridized carbons (Fsp3) is 0.636. The summed E-state index contributed by atoms with van der Waals surface area (Å²) in [6, 6.07) is 7.77. The van der Waals surface area contributed by atoms with E-state index in [0.29, 0.717) is 11.8 Å². The highest BCUT2D eigenvalue weighted by Gasteiger charge is 2.29. The molecule has 4 amide bonds. The second-order valence-electron chi connectivity index (χ2n) is 8.54. The summed E-state index contributed by atoms with van der Waals surface area (Å²) in [5.74, 6) is 1.05. The average molecular weight is 387 g/mol. The minimum Gasteiger partial charge on any atom is -0.322 e. The number of urea groups is 2. The fourth-order valence-corrected chi connectivity index (χ4v) is 4.27. The van der Waals surface area contributed by atoms with Crippen molar-refractivity contribution in [1.29, 1.82) is 0 Å². The first-order chi connectivity index (χ1) is 13.4. The van der Waals surface area contributed by atoms with Crippen LogP contribution in [0.4, 0.5) is 21.0 Å². The maximum Gasteiger partial charge on any atom is 0.322 e. The van der Waals surface area contributed by atoms with E-state index in [4.69, 9.17) is 0 Å². The number of nitrogens with one attached hydrogen (secondary N) is 2. The zero-order valence-corrected chi connectivity index (χ0v) is 17.6. The monoisotopic (exact) mass is 386 g/mol. The van der Waals surface area contributed by atoms with Gasteiger partial charge in [0.25, 0.3) is 0 Å². The van der Waals surface area contributed by atoms with Crippen LogP contribution in [0, 0.1) is 11.8 Å². The molecule has 6 nitrogen and oxygen atoms in total. The third kappa shape index (κ3) is 4.59. The summed E-state index contributed by atoms with van der Waals surface area (Å²) in [5.41, 5.74) is 1.49. The lowest BCUT2D eigenvalue weighted by atomic mass is 9.92. The maximum atomic E-state index is 12.6. The van der Waals surface area contributed by atoms with Crippen LogP contribution >= 0.6 is 0 Å². The Morgan fingerprint density at radius 2 is 1.11 bits per heavy atom. The van der Waals surface area contributed by atoms with Crippen molar-refractivity contribution in [3.63, 3.8) is 0 Å². The Morgan fingerprint density at radius 1 is 0.750 bits per heavy atom. The van der Waals surface area contributed by atoms with Crippen LogP contribution in [0.5, 0.6) is 0 Å². The largest absolute Gasteiger partial charge is 0.322 e. The number of benzene rings is 1. The zero-order valence-electron chi connectivity index (χ0n) is 17.6. The number of likely N-dealkylation sites (tertiary alicyclic amines) is 2. The molecule has 0 spiro atoms. The summed E-state index contributed by atoms with van der Waals surface area (Å²) in [7, 11) is 0. The van der Waals surface area contributed by atoms with Crippen LogP contribution in [-0.4, -0.2) is 47.0 Å². The molecule has 1 aromatic rings. The molecular weight excluding hydrogens is 352 g/mol. The van der Waals surface area contributed by atoms with Crippen molar-refractivity contribution >= 4 is 23.4 Å². The number of anilines is 2. The van der Waals surface area contributed by atoms with Crippen LogP contribution in [0.1, 0.15) is 53.4 Å². The molecule has 2 saturated heterocycles. The fourth-order valence-electron chi connectivity index (χ4n) is 4.27. The first-order valence-electron chi connectivity index (χ1n) is 10.6. The summed E-state index contributed by atoms with van der Waals surface area (Å²) in [6.45, 7) is 10.2. The number of nitrogens with zero attached hydrogens (tertiary/aromatic N) is 2. The number of hydrogen-bond acceptors (Lipinski definition) is 2. The highest BCUT2D eigenvalue weighted by molar-refractivity contribution is 5.92. The molecule has 0 saturated carbocycles. The second-order valence-corrected chi connectivity index (χ2v) is 8.54. The Kier molecular flexibility index (Phi) is 6.47. The number of piperidine rings is 2. The van der Waals surface area contributed by atoms with E-state index in [1.54, 1.807) is 0 Å². The van der Waals surface area contributed by atoms with E-state index < -0.39 is 0 Å². The van der Waals surface area contributed by atoms with Gasteiger partial charge in [0.05, 0.1) is 0 Å². The van der Waals surface area contributed by atoms with E-state index in [9.17, 15) is 9.59 Å². The van der Waals surface area contributed by atoms with E-state index >= 15 is 0 Å². The lowest BCUT2D eigenvalue weighted by Gasteiger charge is -2.38. The molecule has 0 bridgehead atoms. The SMILES string of the molecule is C[C@H]1CCCN(C(=O)Nc2ccc(NC(=O)N3CCC[C@H](C)[C@@H]3C)cc2)[C@H]1C. The van der Waals surface area contributed by atoms with Crippen molar-refractivity contribution in [2.45, 2.75) is 65.5 Å². The molecule has 6 heteroatoms. The standard InChI is InChI=1S/C22H34N4O2/c1-15-7-5-13-25(17(15)3)21(27)23-19-9-11-20(12-10-19)24-22(28)26-14-6-8-16(2)18(26)4/h9-12,15-18H,5-8,13-14H2,1-4H3,(H,23,27)(H,24,28)/t15-,16-,17-,18-/m0/s1. The molecule has 2 heterocycles. The molecule has 28 heavy (non-hydrogen) atoms. The van der Waals surface area contributed by atoms with Gasteiger partial charge in [-0.15, -0.1) is 0 Å². The quantitative estimate of drug-likeness (QED) is 0.752. The highest BCUT2D eigenvalue weighted by atomic mass is 16.2. The van der Waals surface area contributed by atoms with Gasteiger partial charge in [-0.3, -0.25) is 0 Å². The van der Waals surface area contributed by atoms with Gasteiger partial charge < -0.3 is 20.4 Å². The van der Waals surface area contributed by atoms with Crippen LogP contribution < -0.4 is 10.6 Å². The van der Waals surface area contributed by atoms with Crippen molar-refractivity contribution in [1.82, 2.24) is 9.80 Å². The molecule has 0 aliphatic carbocycles. The number of carbonyl (C=O) groups is 2. The Morgan fingerprint density at radius 3 is 1.46 bits per heavy atom. The molecular formula is C22H34N4O2. The number of rotatable bonds is 2. The van der Waals surface area contributed by atoms with Gasteiger partial charge >= 0.3 is 12.1 Å². The lowest BCUT2D eigenvalue weighted by molar-refractivity contribution is 0.138. The van der Waals surface area contributed by atoms with Crippen molar-refractivity contribution in [3.05, 3.63) is 24.3 Å². The zero-order chi connectivity index (χ0) is 20.3. The Balaban J connectivity index is 1.56. The molecule has 2 fully saturated rings. The summed E-state index contributed by atoms with van der Waals surface area (Å²) in [5, 5.41) is 5.97. The van der Waals surface area contributed by atoms with E-state index in [2.05, 4.69) is 38.3 Å². The molecule has 2 N–H and O–H groups in total. The number of carbonyl (C=O) groups excluding carboxylic acids is 2. The molecule has 0 unspecified atom stereocenters. The maximum absolute atomic E-state index is 12.6. The van der Waals surface area contributed by atoms with E-state index in [1.807, 2.05) is 34.1 Å². The van der Waals surface area contributed by atoms with Gasteiger partial charge in [0, 0.05) is 36.5 Å². The topological polar surface area (TPSA) is 64.7 Å². The van der Waals surface area contributed by atoms with Crippen LogP contribution in [0.15, 0.2) is 24.3 Å². The number of hydrogen-bond donors (Lipinski definition) is 2. The summed E-state index contributed by atoms with van der Waals surface area (Å²) in [4.78, 5) is 29.0. The Hall–Kier alpha value is -2.24. The Bertz CT molecular complexity index is 631. The van der Waals surface area contributed by atoms with Crippen molar-refractivity contribution < 1.29 is 9.59 Å². The van der Waals surface area contributed by atoms with Crippen LogP contribution in [-0.2, 0) is 0 Å². The predicted molar refractivity (Wildman–Crippen MR) is 114 cm³/mol. The van der Waals surface area contributed by atoms with Gasteiger partial charge in [-0.2, -0.15) is 0 Å². The second kappa shape index (κ2) is 8.84. The molecule has 2 aliphatic heterocycles. The van der Waals surface area contributed by atoms with Crippen molar-refractivity contribution in [2.75, 3.05) is 23.7 Å². The van der Waals surface area contributed by atoms with Gasteiger partial charge in [0.2, 0.25) is 0 Å². The molecule has 4 atom stereocenters. The van der Waals surface area contributed by atoms with Gasteiger partial charge in [0.1, 0.15) is 0 Å². The van der Waals surface area contributed by atoms with E-state index in [0.717, 1.165) is 37.3 Å². The summed E-state index contributed by atoms with van der Waals surface area (Å²) in [6.07, 6.45) is 4.45. The lowest BCUT2D eigenvalue weighted by Crippen LogP contribution is -2.48. The van der Waals surface area contributed by atoms with Crippen molar-refractivity contribution in [3.8, 4) is 0 Å². The summed E-state index contributed by atoms with van der Waals surface area (Å²) < 4.78 is 0. The molecule has 3 rings (SSSR count). The molecule has 2 aliphatic rings. The normalized spacial score (nSPS) is 28.0. The van der Waals surface area contributed by atoms with Crippen LogP contribution in [0.3, 0.4) is 0 Å².